The highest BCUT2D eigenvalue weighted by molar-refractivity contribution is 6.35. The summed E-state index contributed by atoms with van der Waals surface area (Å²) in [5.41, 5.74) is 0.824. The molecule has 0 aliphatic carbocycles. The number of amides is 4. The largest absolute Gasteiger partial charge is 0.497 e. The maximum absolute atomic E-state index is 13.0. The van der Waals surface area contributed by atoms with Gasteiger partial charge in [-0.15, -0.1) is 0 Å². The van der Waals surface area contributed by atoms with Crippen LogP contribution in [-0.2, 0) is 14.3 Å². The molecule has 1 aromatic carbocycles. The summed E-state index contributed by atoms with van der Waals surface area (Å²) in [6, 6.07) is 5.72. The van der Waals surface area contributed by atoms with Gasteiger partial charge >= 0.3 is 6.03 Å². The summed E-state index contributed by atoms with van der Waals surface area (Å²) >= 11 is 0. The van der Waals surface area contributed by atoms with Crippen LogP contribution >= 0.6 is 0 Å². The van der Waals surface area contributed by atoms with Crippen molar-refractivity contribution in [3.05, 3.63) is 24.3 Å². The monoisotopic (exact) mass is 373 g/mol. The van der Waals surface area contributed by atoms with E-state index in [9.17, 15) is 14.4 Å². The van der Waals surface area contributed by atoms with E-state index in [4.69, 9.17) is 9.47 Å². The van der Waals surface area contributed by atoms with Crippen molar-refractivity contribution in [1.29, 1.82) is 0 Å². The summed E-state index contributed by atoms with van der Waals surface area (Å²) in [5.74, 6) is -1.75. The molecule has 0 aromatic heterocycles. The lowest BCUT2D eigenvalue weighted by atomic mass is 9.96. The zero-order valence-electron chi connectivity index (χ0n) is 15.4. The summed E-state index contributed by atoms with van der Waals surface area (Å²) < 4.78 is 10.6. The number of hydrogen-bond acceptors (Lipinski definition) is 6. The van der Waals surface area contributed by atoms with E-state index in [1.807, 2.05) is 6.92 Å². The van der Waals surface area contributed by atoms with Crippen LogP contribution in [0.3, 0.4) is 0 Å². The molecule has 144 valence electrons. The highest BCUT2D eigenvalue weighted by Gasteiger charge is 2.43. The molecule has 2 heterocycles. The normalized spacial score (nSPS) is 23.6. The lowest BCUT2D eigenvalue weighted by Crippen LogP contribution is -2.60. The van der Waals surface area contributed by atoms with E-state index in [0.29, 0.717) is 36.7 Å². The summed E-state index contributed by atoms with van der Waals surface area (Å²) in [6.45, 7) is 2.96. The van der Waals surface area contributed by atoms with Crippen molar-refractivity contribution in [2.24, 2.45) is 10.9 Å². The van der Waals surface area contributed by atoms with Crippen LogP contribution in [0, 0.1) is 5.92 Å². The first-order chi connectivity index (χ1) is 13.0. The van der Waals surface area contributed by atoms with Crippen LogP contribution in [0.15, 0.2) is 29.3 Å². The van der Waals surface area contributed by atoms with Crippen LogP contribution in [0.4, 0.5) is 10.5 Å². The summed E-state index contributed by atoms with van der Waals surface area (Å²) in [7, 11) is 1.53. The smallest absolute Gasteiger partial charge is 0.335 e. The minimum absolute atomic E-state index is 0.0210. The number of anilines is 1. The molecule has 27 heavy (non-hydrogen) atoms. The van der Waals surface area contributed by atoms with Crippen molar-refractivity contribution in [2.45, 2.75) is 32.3 Å². The highest BCUT2D eigenvalue weighted by Crippen LogP contribution is 2.25. The van der Waals surface area contributed by atoms with Gasteiger partial charge in [-0.05, 0) is 43.5 Å². The Morgan fingerprint density at radius 1 is 1.30 bits per heavy atom. The maximum atomic E-state index is 13.0. The number of methoxy groups -OCH3 is 1. The Morgan fingerprint density at radius 3 is 2.63 bits per heavy atom. The standard InChI is InChI=1S/C19H23N3O5/c1-3-15(20-11-14-5-4-10-27-14)16-17(23)21-19(25)22(18(16)24)12-6-8-13(26-2)9-7-12/h6-9,14,16H,3-5,10-11H2,1-2H3,(H,21,23,25)/t14-,16?/m1/s1. The first-order valence-corrected chi connectivity index (χ1v) is 9.02. The molecule has 1 unspecified atom stereocenters. The second-order valence-corrected chi connectivity index (χ2v) is 6.42. The number of urea groups is 1. The number of barbiturate groups is 1. The Kier molecular flexibility index (Phi) is 5.85. The van der Waals surface area contributed by atoms with E-state index in [1.165, 1.54) is 7.11 Å². The predicted octanol–water partition coefficient (Wildman–Crippen LogP) is 1.92. The molecule has 3 rings (SSSR count). The zero-order valence-corrected chi connectivity index (χ0v) is 15.4. The zero-order chi connectivity index (χ0) is 19.4. The summed E-state index contributed by atoms with van der Waals surface area (Å²) in [6.07, 6.45) is 2.36. The van der Waals surface area contributed by atoms with E-state index in [2.05, 4.69) is 10.3 Å². The number of ether oxygens (including phenoxy) is 2. The molecule has 2 fully saturated rings. The van der Waals surface area contributed by atoms with E-state index in [-0.39, 0.29) is 6.10 Å². The van der Waals surface area contributed by atoms with Crippen molar-refractivity contribution < 1.29 is 23.9 Å². The van der Waals surface area contributed by atoms with Gasteiger partial charge in [-0.1, -0.05) is 6.92 Å². The predicted molar refractivity (Wildman–Crippen MR) is 99.1 cm³/mol. The minimum atomic E-state index is -1.11. The van der Waals surface area contributed by atoms with Gasteiger partial charge in [0.2, 0.25) is 5.91 Å². The average molecular weight is 373 g/mol. The number of nitrogens with one attached hydrogen (secondary N) is 1. The molecule has 1 N–H and O–H groups in total. The molecule has 0 spiro atoms. The summed E-state index contributed by atoms with van der Waals surface area (Å²) in [4.78, 5) is 43.1. The van der Waals surface area contributed by atoms with Crippen molar-refractivity contribution in [1.82, 2.24) is 5.32 Å². The number of imide groups is 2. The van der Waals surface area contributed by atoms with Crippen molar-refractivity contribution in [2.75, 3.05) is 25.2 Å². The quantitative estimate of drug-likeness (QED) is 0.607. The van der Waals surface area contributed by atoms with Gasteiger partial charge < -0.3 is 9.47 Å². The first kappa shape index (κ1) is 19.0. The third kappa shape index (κ3) is 4.00. The first-order valence-electron chi connectivity index (χ1n) is 9.02. The number of carbonyl (C=O) groups excluding carboxylic acids is 3. The lowest BCUT2D eigenvalue weighted by molar-refractivity contribution is -0.131. The Morgan fingerprint density at radius 2 is 2.04 bits per heavy atom. The van der Waals surface area contributed by atoms with Gasteiger partial charge in [-0.3, -0.25) is 19.9 Å². The lowest BCUT2D eigenvalue weighted by Gasteiger charge is -2.30. The van der Waals surface area contributed by atoms with Gasteiger partial charge in [0.1, 0.15) is 5.75 Å². The van der Waals surface area contributed by atoms with Crippen LogP contribution in [-0.4, -0.2) is 49.9 Å². The average Bonchev–Trinajstić information content (AvgIpc) is 3.18. The third-order valence-electron chi connectivity index (χ3n) is 4.71. The number of nitrogens with zero attached hydrogens (tertiary/aromatic N) is 2. The Balaban J connectivity index is 1.84. The van der Waals surface area contributed by atoms with Crippen LogP contribution in [0.1, 0.15) is 26.2 Å². The second kappa shape index (κ2) is 8.30. The van der Waals surface area contributed by atoms with E-state index in [1.54, 1.807) is 24.3 Å². The Labute approximate surface area is 157 Å². The number of hydrogen-bond donors (Lipinski definition) is 1. The number of carbonyl (C=O) groups is 3. The Hall–Kier alpha value is -2.74. The second-order valence-electron chi connectivity index (χ2n) is 6.42. The van der Waals surface area contributed by atoms with Crippen LogP contribution in [0.2, 0.25) is 0 Å². The van der Waals surface area contributed by atoms with Gasteiger partial charge in [0.05, 0.1) is 25.4 Å². The molecule has 8 heteroatoms. The molecule has 0 bridgehead atoms. The van der Waals surface area contributed by atoms with Crippen LogP contribution < -0.4 is 15.0 Å². The minimum Gasteiger partial charge on any atom is -0.497 e. The van der Waals surface area contributed by atoms with Gasteiger partial charge in [-0.2, -0.15) is 0 Å². The molecule has 1 aromatic rings. The van der Waals surface area contributed by atoms with E-state index >= 15 is 0 Å². The van der Waals surface area contributed by atoms with Gasteiger partial charge in [0.25, 0.3) is 5.91 Å². The fourth-order valence-corrected chi connectivity index (χ4v) is 3.26. The molecule has 0 saturated carbocycles. The molecule has 8 nitrogen and oxygen atoms in total. The summed E-state index contributed by atoms with van der Waals surface area (Å²) in [5, 5.41) is 2.26. The fourth-order valence-electron chi connectivity index (χ4n) is 3.26. The molecular weight excluding hydrogens is 350 g/mol. The molecule has 2 saturated heterocycles. The fraction of sp³-hybridized carbons (Fsp3) is 0.474. The third-order valence-corrected chi connectivity index (χ3v) is 4.71. The van der Waals surface area contributed by atoms with Crippen molar-refractivity contribution in [3.8, 4) is 5.75 Å². The SMILES string of the molecule is CCC(=NC[C@H]1CCCO1)C1C(=O)NC(=O)N(c2ccc(OC)cc2)C1=O. The van der Waals surface area contributed by atoms with Gasteiger partial charge in [-0.25, -0.2) is 9.69 Å². The maximum Gasteiger partial charge on any atom is 0.335 e. The van der Waals surface area contributed by atoms with Crippen molar-refractivity contribution in [3.63, 3.8) is 0 Å². The number of aliphatic imine (C=N–C) groups is 1. The van der Waals surface area contributed by atoms with Crippen LogP contribution in [0.5, 0.6) is 5.75 Å². The van der Waals surface area contributed by atoms with Gasteiger partial charge in [0, 0.05) is 12.3 Å². The topological polar surface area (TPSA) is 97.3 Å². The van der Waals surface area contributed by atoms with E-state index in [0.717, 1.165) is 17.7 Å². The van der Waals surface area contributed by atoms with Gasteiger partial charge in [0.15, 0.2) is 5.92 Å². The molecular formula is C19H23N3O5. The molecule has 2 atom stereocenters. The van der Waals surface area contributed by atoms with E-state index < -0.39 is 23.8 Å². The molecule has 2 aliphatic rings. The highest BCUT2D eigenvalue weighted by atomic mass is 16.5. The van der Waals surface area contributed by atoms with Crippen molar-refractivity contribution >= 4 is 29.2 Å². The Bertz CT molecular complexity index is 753. The molecule has 0 radical (unpaired) electrons. The van der Waals surface area contributed by atoms with Crippen LogP contribution in [0.25, 0.3) is 0 Å². The number of benzene rings is 1. The molecule has 4 amide bonds. The number of rotatable bonds is 6. The molecule has 2 aliphatic heterocycles.